The molecule has 1 aromatic heterocycles. The van der Waals surface area contributed by atoms with E-state index in [1.54, 1.807) is 0 Å². The summed E-state index contributed by atoms with van der Waals surface area (Å²) in [4.78, 5) is 15.1. The fourth-order valence-electron chi connectivity index (χ4n) is 3.78. The quantitative estimate of drug-likeness (QED) is 0.847. The Balaban J connectivity index is 1.45. The summed E-state index contributed by atoms with van der Waals surface area (Å²) in [6.45, 7) is 5.50. The second-order valence-corrected chi connectivity index (χ2v) is 6.67. The van der Waals surface area contributed by atoms with E-state index >= 15 is 0 Å². The van der Waals surface area contributed by atoms with Crippen molar-refractivity contribution in [3.8, 4) is 0 Å². The summed E-state index contributed by atoms with van der Waals surface area (Å²) in [6.07, 6.45) is 1.04. The van der Waals surface area contributed by atoms with E-state index in [0.29, 0.717) is 18.2 Å². The highest BCUT2D eigenvalue weighted by atomic mass is 16.5. The number of nitrogens with one attached hydrogen (secondary N) is 2. The maximum absolute atomic E-state index is 12.7. The number of fused-ring (bicyclic) bond motifs is 1. The molecule has 2 atom stereocenters. The topological polar surface area (TPSA) is 79.5 Å². The Kier molecular flexibility index (Phi) is 4.96. The summed E-state index contributed by atoms with van der Waals surface area (Å²) in [5, 5.41) is 11.1. The standard InChI is InChI=1S/C18H24N4O3/c23-18(17-14-3-1-2-4-15(14)20-21-17)19-11-16(13-5-8-25-12-13)22-6-9-24-10-7-22/h1-4,13,16H,5-12H2,(H,19,23)(H,20,21)/t13-,16+/m1/s1. The fourth-order valence-corrected chi connectivity index (χ4v) is 3.78. The van der Waals surface area contributed by atoms with E-state index < -0.39 is 0 Å². The van der Waals surface area contributed by atoms with E-state index in [0.717, 1.165) is 56.8 Å². The Labute approximate surface area is 146 Å². The molecule has 1 aromatic carbocycles. The third kappa shape index (κ3) is 3.53. The van der Waals surface area contributed by atoms with Gasteiger partial charge in [0.1, 0.15) is 0 Å². The number of ether oxygens (including phenoxy) is 2. The smallest absolute Gasteiger partial charge is 0.272 e. The Morgan fingerprint density at radius 2 is 2.12 bits per heavy atom. The lowest BCUT2D eigenvalue weighted by molar-refractivity contribution is 0.00165. The normalized spacial score (nSPS) is 23.0. The van der Waals surface area contributed by atoms with E-state index in [1.165, 1.54) is 0 Å². The number of amides is 1. The van der Waals surface area contributed by atoms with Crippen LogP contribution in [0.3, 0.4) is 0 Å². The van der Waals surface area contributed by atoms with Crippen molar-refractivity contribution in [3.05, 3.63) is 30.0 Å². The highest BCUT2D eigenvalue weighted by Gasteiger charge is 2.32. The first-order valence-corrected chi connectivity index (χ1v) is 8.94. The summed E-state index contributed by atoms with van der Waals surface area (Å²) >= 11 is 0. The van der Waals surface area contributed by atoms with Gasteiger partial charge in [0.05, 0.1) is 25.3 Å². The lowest BCUT2D eigenvalue weighted by atomic mass is 9.96. The minimum Gasteiger partial charge on any atom is -0.381 e. The summed E-state index contributed by atoms with van der Waals surface area (Å²) in [5.41, 5.74) is 1.33. The Morgan fingerprint density at radius 1 is 1.28 bits per heavy atom. The maximum atomic E-state index is 12.7. The SMILES string of the molecule is O=C(NC[C@@H]([C@@H]1CCOC1)N1CCOCC1)c1n[nH]c2ccccc12. The van der Waals surface area contributed by atoms with Gasteiger partial charge in [-0.05, 0) is 12.5 Å². The van der Waals surface area contributed by atoms with Crippen LogP contribution in [0.4, 0.5) is 0 Å². The first-order chi connectivity index (χ1) is 12.3. The summed E-state index contributed by atoms with van der Waals surface area (Å²) in [6, 6.07) is 7.96. The van der Waals surface area contributed by atoms with Crippen molar-refractivity contribution in [1.29, 1.82) is 0 Å². The molecule has 2 aliphatic heterocycles. The number of hydrogen-bond acceptors (Lipinski definition) is 5. The average Bonchev–Trinajstić information content (AvgIpc) is 3.32. The van der Waals surface area contributed by atoms with Crippen molar-refractivity contribution in [2.45, 2.75) is 12.5 Å². The predicted octanol–water partition coefficient (Wildman–Crippen LogP) is 1.03. The van der Waals surface area contributed by atoms with Crippen LogP contribution in [0.5, 0.6) is 0 Å². The lowest BCUT2D eigenvalue weighted by Crippen LogP contribution is -2.52. The highest BCUT2D eigenvalue weighted by Crippen LogP contribution is 2.22. The zero-order valence-corrected chi connectivity index (χ0v) is 14.2. The number of aromatic nitrogens is 2. The van der Waals surface area contributed by atoms with Crippen LogP contribution in [0.15, 0.2) is 24.3 Å². The molecule has 0 spiro atoms. The Bertz CT molecular complexity index is 720. The van der Waals surface area contributed by atoms with E-state index in [9.17, 15) is 4.79 Å². The number of morpholine rings is 1. The lowest BCUT2D eigenvalue weighted by Gasteiger charge is -2.37. The molecule has 0 radical (unpaired) electrons. The molecule has 2 fully saturated rings. The molecular formula is C18H24N4O3. The largest absolute Gasteiger partial charge is 0.381 e. The number of aromatic amines is 1. The van der Waals surface area contributed by atoms with Crippen LogP contribution >= 0.6 is 0 Å². The molecule has 7 nitrogen and oxygen atoms in total. The minimum absolute atomic E-state index is 0.130. The van der Waals surface area contributed by atoms with E-state index in [1.807, 2.05) is 24.3 Å². The van der Waals surface area contributed by atoms with E-state index in [2.05, 4.69) is 20.4 Å². The second-order valence-electron chi connectivity index (χ2n) is 6.67. The number of benzene rings is 1. The van der Waals surface area contributed by atoms with Gasteiger partial charge in [0, 0.05) is 43.6 Å². The van der Waals surface area contributed by atoms with Crippen LogP contribution in [0.1, 0.15) is 16.9 Å². The molecule has 0 saturated carbocycles. The van der Waals surface area contributed by atoms with Gasteiger partial charge in [0.15, 0.2) is 5.69 Å². The number of para-hydroxylation sites is 1. The number of nitrogens with zero attached hydrogens (tertiary/aromatic N) is 2. The molecule has 0 bridgehead atoms. The molecule has 2 aromatic rings. The maximum Gasteiger partial charge on any atom is 0.272 e. The minimum atomic E-state index is -0.130. The van der Waals surface area contributed by atoms with Gasteiger partial charge in [0.2, 0.25) is 0 Å². The van der Waals surface area contributed by atoms with Gasteiger partial charge in [-0.25, -0.2) is 0 Å². The van der Waals surface area contributed by atoms with Crippen molar-refractivity contribution in [1.82, 2.24) is 20.4 Å². The van der Waals surface area contributed by atoms with Crippen molar-refractivity contribution < 1.29 is 14.3 Å². The Hall–Kier alpha value is -1.96. The number of rotatable bonds is 5. The van der Waals surface area contributed by atoms with Crippen molar-refractivity contribution >= 4 is 16.8 Å². The predicted molar refractivity (Wildman–Crippen MR) is 93.5 cm³/mol. The zero-order valence-electron chi connectivity index (χ0n) is 14.2. The zero-order chi connectivity index (χ0) is 17.1. The molecule has 4 rings (SSSR count). The van der Waals surface area contributed by atoms with Crippen molar-refractivity contribution in [2.75, 3.05) is 46.1 Å². The molecule has 0 aliphatic carbocycles. The third-order valence-electron chi connectivity index (χ3n) is 5.18. The molecule has 2 saturated heterocycles. The van der Waals surface area contributed by atoms with Gasteiger partial charge in [-0.1, -0.05) is 18.2 Å². The Morgan fingerprint density at radius 3 is 2.92 bits per heavy atom. The molecule has 2 aliphatic rings. The van der Waals surface area contributed by atoms with Crippen LogP contribution in [0, 0.1) is 5.92 Å². The van der Waals surface area contributed by atoms with Gasteiger partial charge >= 0.3 is 0 Å². The van der Waals surface area contributed by atoms with Crippen molar-refractivity contribution in [2.24, 2.45) is 5.92 Å². The molecule has 2 N–H and O–H groups in total. The first kappa shape index (κ1) is 16.5. The van der Waals surface area contributed by atoms with Crippen LogP contribution in [-0.4, -0.2) is 73.1 Å². The summed E-state index contributed by atoms with van der Waals surface area (Å²) in [7, 11) is 0. The molecule has 3 heterocycles. The van der Waals surface area contributed by atoms with Crippen molar-refractivity contribution in [3.63, 3.8) is 0 Å². The molecule has 7 heteroatoms. The number of carbonyl (C=O) groups excluding carboxylic acids is 1. The van der Waals surface area contributed by atoms with E-state index in [-0.39, 0.29) is 11.9 Å². The summed E-state index contributed by atoms with van der Waals surface area (Å²) in [5.74, 6) is 0.323. The monoisotopic (exact) mass is 344 g/mol. The highest BCUT2D eigenvalue weighted by molar-refractivity contribution is 6.04. The molecule has 1 amide bonds. The van der Waals surface area contributed by atoms with E-state index in [4.69, 9.17) is 9.47 Å². The number of carbonyl (C=O) groups is 1. The van der Waals surface area contributed by atoms with Crippen LogP contribution in [-0.2, 0) is 9.47 Å². The van der Waals surface area contributed by atoms with Gasteiger partial charge < -0.3 is 14.8 Å². The molecule has 0 unspecified atom stereocenters. The second kappa shape index (κ2) is 7.51. The van der Waals surface area contributed by atoms with Gasteiger partial charge in [-0.15, -0.1) is 0 Å². The number of H-pyrrole nitrogens is 1. The fraction of sp³-hybridized carbons (Fsp3) is 0.556. The van der Waals surface area contributed by atoms with Gasteiger partial charge in [-0.3, -0.25) is 14.8 Å². The third-order valence-corrected chi connectivity index (χ3v) is 5.18. The van der Waals surface area contributed by atoms with Gasteiger partial charge in [-0.2, -0.15) is 5.10 Å². The summed E-state index contributed by atoms with van der Waals surface area (Å²) < 4.78 is 11.0. The first-order valence-electron chi connectivity index (χ1n) is 8.94. The molecule has 25 heavy (non-hydrogen) atoms. The van der Waals surface area contributed by atoms with Gasteiger partial charge in [0.25, 0.3) is 5.91 Å². The molecule has 134 valence electrons. The average molecular weight is 344 g/mol. The van der Waals surface area contributed by atoms with Crippen LogP contribution in [0.2, 0.25) is 0 Å². The van der Waals surface area contributed by atoms with Crippen LogP contribution < -0.4 is 5.32 Å². The van der Waals surface area contributed by atoms with Crippen LogP contribution in [0.25, 0.3) is 10.9 Å². The molecular weight excluding hydrogens is 320 g/mol. The number of hydrogen-bond donors (Lipinski definition) is 2.